The van der Waals surface area contributed by atoms with E-state index in [1.807, 2.05) is 42.7 Å². The summed E-state index contributed by atoms with van der Waals surface area (Å²) in [5.74, 6) is 0.861. The molecule has 94 valence electrons. The fourth-order valence-electron chi connectivity index (χ4n) is 1.49. The van der Waals surface area contributed by atoms with Gasteiger partial charge in [0.25, 0.3) is 0 Å². The molecule has 0 radical (unpaired) electrons. The minimum absolute atomic E-state index is 0.578. The number of nitrogens with zero attached hydrogens (tertiary/aromatic N) is 1. The minimum Gasteiger partial charge on any atom is -0.493 e. The molecule has 0 atom stereocenters. The maximum absolute atomic E-state index is 5.59. The van der Waals surface area contributed by atoms with Crippen LogP contribution in [0.5, 0.6) is 5.75 Å². The first-order valence-corrected chi connectivity index (χ1v) is 7.17. The van der Waals surface area contributed by atoms with Crippen LogP contribution in [0.4, 0.5) is 5.13 Å². The first-order valence-electron chi connectivity index (χ1n) is 5.50. The van der Waals surface area contributed by atoms with Crippen molar-refractivity contribution < 1.29 is 4.74 Å². The van der Waals surface area contributed by atoms with Crippen LogP contribution in [0.2, 0.25) is 0 Å². The second kappa shape index (κ2) is 6.02. The van der Waals surface area contributed by atoms with Gasteiger partial charge in [-0.3, -0.25) is 0 Å². The van der Waals surface area contributed by atoms with Crippen LogP contribution >= 0.6 is 27.3 Å². The predicted molar refractivity (Wildman–Crippen MR) is 80.8 cm³/mol. The van der Waals surface area contributed by atoms with Gasteiger partial charge in [0.05, 0.1) is 12.3 Å². The molecule has 0 unspecified atom stereocenters. The Bertz CT molecular complexity index is 566. The molecule has 0 fully saturated rings. The Morgan fingerprint density at radius 3 is 2.94 bits per heavy atom. The summed E-state index contributed by atoms with van der Waals surface area (Å²) in [4.78, 5) is 4.18. The lowest BCUT2D eigenvalue weighted by atomic mass is 10.2. The predicted octanol–water partition coefficient (Wildman–Crippen LogP) is 4.06. The Morgan fingerprint density at radius 1 is 1.44 bits per heavy atom. The first kappa shape index (κ1) is 13.1. The summed E-state index contributed by atoms with van der Waals surface area (Å²) in [6.07, 6.45) is 3.90. The van der Waals surface area contributed by atoms with Crippen LogP contribution in [0.25, 0.3) is 12.2 Å². The van der Waals surface area contributed by atoms with E-state index in [9.17, 15) is 0 Å². The van der Waals surface area contributed by atoms with E-state index in [1.165, 1.54) is 11.3 Å². The minimum atomic E-state index is 0.578. The second-order valence-electron chi connectivity index (χ2n) is 3.56. The smallest absolute Gasteiger partial charge is 0.180 e. The van der Waals surface area contributed by atoms with Crippen molar-refractivity contribution in [2.45, 2.75) is 6.92 Å². The van der Waals surface area contributed by atoms with E-state index in [0.29, 0.717) is 11.7 Å². The topological polar surface area (TPSA) is 48.1 Å². The van der Waals surface area contributed by atoms with Crippen LogP contribution in [-0.2, 0) is 0 Å². The molecular formula is C13H13BrN2OS. The molecule has 0 bridgehead atoms. The Balaban J connectivity index is 2.26. The van der Waals surface area contributed by atoms with Crippen LogP contribution in [0, 0.1) is 0 Å². The number of anilines is 1. The molecule has 2 aromatic rings. The Labute approximate surface area is 118 Å². The number of benzene rings is 1. The van der Waals surface area contributed by atoms with E-state index in [0.717, 1.165) is 21.5 Å². The zero-order chi connectivity index (χ0) is 13.0. The van der Waals surface area contributed by atoms with E-state index in [1.54, 1.807) is 0 Å². The van der Waals surface area contributed by atoms with Crippen molar-refractivity contribution in [2.75, 3.05) is 12.3 Å². The van der Waals surface area contributed by atoms with Crippen LogP contribution in [0.3, 0.4) is 0 Å². The molecule has 1 heterocycles. The van der Waals surface area contributed by atoms with Gasteiger partial charge in [0.15, 0.2) is 5.13 Å². The first-order chi connectivity index (χ1) is 8.69. The van der Waals surface area contributed by atoms with Gasteiger partial charge in [0, 0.05) is 15.4 Å². The maximum Gasteiger partial charge on any atom is 0.180 e. The van der Waals surface area contributed by atoms with Crippen molar-refractivity contribution in [2.24, 2.45) is 0 Å². The standard InChI is InChI=1S/C13H13BrN2OS/c1-2-17-12-6-4-10(14)7-9(12)3-5-11-8-18-13(15)16-11/h3-8H,2H2,1H3,(H2,15,16). The molecule has 2 rings (SSSR count). The quantitative estimate of drug-likeness (QED) is 0.922. The van der Waals surface area contributed by atoms with Crippen LogP contribution in [0.15, 0.2) is 28.1 Å². The van der Waals surface area contributed by atoms with Gasteiger partial charge >= 0.3 is 0 Å². The zero-order valence-corrected chi connectivity index (χ0v) is 12.3. The summed E-state index contributed by atoms with van der Waals surface area (Å²) in [5, 5.41) is 2.50. The van der Waals surface area contributed by atoms with E-state index in [-0.39, 0.29) is 0 Å². The molecular weight excluding hydrogens is 312 g/mol. The summed E-state index contributed by atoms with van der Waals surface area (Å²) < 4.78 is 6.59. The lowest BCUT2D eigenvalue weighted by Gasteiger charge is -2.07. The highest BCUT2D eigenvalue weighted by molar-refractivity contribution is 9.10. The van der Waals surface area contributed by atoms with E-state index in [4.69, 9.17) is 10.5 Å². The maximum atomic E-state index is 5.59. The number of aromatic nitrogens is 1. The monoisotopic (exact) mass is 324 g/mol. The Morgan fingerprint density at radius 2 is 2.28 bits per heavy atom. The molecule has 18 heavy (non-hydrogen) atoms. The van der Waals surface area contributed by atoms with E-state index in [2.05, 4.69) is 20.9 Å². The highest BCUT2D eigenvalue weighted by Crippen LogP contribution is 2.25. The molecule has 3 nitrogen and oxygen atoms in total. The molecule has 0 aliphatic carbocycles. The molecule has 1 aromatic carbocycles. The molecule has 0 aliphatic heterocycles. The van der Waals surface area contributed by atoms with Gasteiger partial charge in [-0.15, -0.1) is 11.3 Å². The summed E-state index contributed by atoms with van der Waals surface area (Å²) in [6.45, 7) is 2.61. The highest BCUT2D eigenvalue weighted by atomic mass is 79.9. The average Bonchev–Trinajstić information content (AvgIpc) is 2.76. The molecule has 2 N–H and O–H groups in total. The van der Waals surface area contributed by atoms with Gasteiger partial charge in [-0.05, 0) is 37.3 Å². The van der Waals surface area contributed by atoms with Crippen LogP contribution < -0.4 is 10.5 Å². The van der Waals surface area contributed by atoms with Gasteiger partial charge < -0.3 is 10.5 Å². The van der Waals surface area contributed by atoms with E-state index >= 15 is 0 Å². The number of thiazole rings is 1. The Kier molecular flexibility index (Phi) is 4.38. The average molecular weight is 325 g/mol. The number of nitrogen functional groups attached to an aromatic ring is 1. The normalized spacial score (nSPS) is 11.0. The van der Waals surface area contributed by atoms with E-state index < -0.39 is 0 Å². The number of hydrogen-bond acceptors (Lipinski definition) is 4. The van der Waals surface area contributed by atoms with Crippen molar-refractivity contribution in [3.63, 3.8) is 0 Å². The van der Waals surface area contributed by atoms with Crippen LogP contribution in [-0.4, -0.2) is 11.6 Å². The largest absolute Gasteiger partial charge is 0.493 e. The zero-order valence-electron chi connectivity index (χ0n) is 9.89. The van der Waals surface area contributed by atoms with Crippen molar-refractivity contribution in [1.29, 1.82) is 0 Å². The van der Waals surface area contributed by atoms with Gasteiger partial charge in [-0.2, -0.15) is 0 Å². The third-order valence-corrected chi connectivity index (χ3v) is 3.43. The summed E-state index contributed by atoms with van der Waals surface area (Å²) in [5.41, 5.74) is 7.46. The second-order valence-corrected chi connectivity index (χ2v) is 5.36. The number of nitrogens with two attached hydrogens (primary N) is 1. The van der Waals surface area contributed by atoms with Crippen molar-refractivity contribution in [3.05, 3.63) is 39.3 Å². The molecule has 0 aliphatic rings. The molecule has 0 saturated heterocycles. The fraction of sp³-hybridized carbons (Fsp3) is 0.154. The molecule has 1 aromatic heterocycles. The molecule has 5 heteroatoms. The highest BCUT2D eigenvalue weighted by Gasteiger charge is 2.01. The third-order valence-electron chi connectivity index (χ3n) is 2.25. The Hall–Kier alpha value is -1.33. The van der Waals surface area contributed by atoms with Crippen molar-refractivity contribution in [1.82, 2.24) is 4.98 Å². The fourth-order valence-corrected chi connectivity index (χ4v) is 2.40. The van der Waals surface area contributed by atoms with Crippen molar-refractivity contribution >= 4 is 44.6 Å². The SMILES string of the molecule is CCOc1ccc(Br)cc1C=Cc1csc(N)n1. The summed E-state index contributed by atoms with van der Waals surface area (Å²) in [6, 6.07) is 5.92. The summed E-state index contributed by atoms with van der Waals surface area (Å²) in [7, 11) is 0. The van der Waals surface area contributed by atoms with Gasteiger partial charge in [0.2, 0.25) is 0 Å². The van der Waals surface area contributed by atoms with Gasteiger partial charge in [-0.25, -0.2) is 4.98 Å². The molecule has 0 spiro atoms. The lowest BCUT2D eigenvalue weighted by Crippen LogP contribution is -1.93. The van der Waals surface area contributed by atoms with Gasteiger partial charge in [0.1, 0.15) is 5.75 Å². The number of ether oxygens (including phenoxy) is 1. The molecule has 0 saturated carbocycles. The molecule has 0 amide bonds. The summed E-state index contributed by atoms with van der Waals surface area (Å²) >= 11 is 4.89. The number of rotatable bonds is 4. The van der Waals surface area contributed by atoms with Gasteiger partial charge in [-0.1, -0.05) is 15.9 Å². The van der Waals surface area contributed by atoms with Crippen molar-refractivity contribution in [3.8, 4) is 5.75 Å². The number of hydrogen-bond donors (Lipinski definition) is 1. The third kappa shape index (κ3) is 3.34. The van der Waals surface area contributed by atoms with Crippen LogP contribution in [0.1, 0.15) is 18.2 Å². The number of halogens is 1. The lowest BCUT2D eigenvalue weighted by molar-refractivity contribution is 0.339.